The first-order valence-corrected chi connectivity index (χ1v) is 9.68. The van der Waals surface area contributed by atoms with E-state index in [-0.39, 0.29) is 5.75 Å². The van der Waals surface area contributed by atoms with Crippen LogP contribution in [-0.2, 0) is 27.7 Å². The maximum atomic E-state index is 11.4. The number of aryl methyl sites for hydroxylation is 3. The fraction of sp³-hybridized carbons (Fsp3) is 0.600. The van der Waals surface area contributed by atoms with Crippen molar-refractivity contribution < 1.29 is 13.2 Å². The van der Waals surface area contributed by atoms with Gasteiger partial charge in [0.25, 0.3) is 0 Å². The van der Waals surface area contributed by atoms with Crippen molar-refractivity contribution in [3.05, 3.63) is 17.1 Å². The number of anilines is 1. The van der Waals surface area contributed by atoms with Gasteiger partial charge in [-0.25, -0.2) is 18.4 Å². The highest BCUT2D eigenvalue weighted by Crippen LogP contribution is 2.26. The van der Waals surface area contributed by atoms with Crippen LogP contribution in [0.4, 0.5) is 5.82 Å². The molecule has 8 heteroatoms. The zero-order chi connectivity index (χ0) is 17.2. The molecule has 0 radical (unpaired) electrons. The van der Waals surface area contributed by atoms with E-state index in [1.807, 2.05) is 25.3 Å². The van der Waals surface area contributed by atoms with E-state index in [4.69, 9.17) is 10.5 Å². The lowest BCUT2D eigenvalue weighted by Crippen LogP contribution is -2.11. The molecule has 23 heavy (non-hydrogen) atoms. The normalized spacial score (nSPS) is 12.2. The molecule has 2 aromatic rings. The Kier molecular flexibility index (Phi) is 5.26. The molecule has 128 valence electrons. The molecule has 0 saturated heterocycles. The molecule has 0 spiro atoms. The Morgan fingerprint density at radius 2 is 1.96 bits per heavy atom. The van der Waals surface area contributed by atoms with E-state index in [0.717, 1.165) is 22.6 Å². The average Bonchev–Trinajstić information content (AvgIpc) is 2.81. The Bertz CT molecular complexity index is 812. The summed E-state index contributed by atoms with van der Waals surface area (Å²) in [5, 5.41) is 0. The summed E-state index contributed by atoms with van der Waals surface area (Å²) in [5.41, 5.74) is 9.43. The monoisotopic (exact) mass is 340 g/mol. The third-order valence-electron chi connectivity index (χ3n) is 3.81. The lowest BCUT2D eigenvalue weighted by molar-refractivity contribution is 0.126. The Hall–Kier alpha value is -1.67. The van der Waals surface area contributed by atoms with E-state index < -0.39 is 9.84 Å². The Morgan fingerprint density at radius 3 is 2.57 bits per heavy atom. The summed E-state index contributed by atoms with van der Waals surface area (Å²) in [4.78, 5) is 8.89. The highest BCUT2D eigenvalue weighted by molar-refractivity contribution is 7.90. The van der Waals surface area contributed by atoms with Crippen molar-refractivity contribution in [1.29, 1.82) is 0 Å². The molecule has 2 heterocycles. The smallest absolute Gasteiger partial charge is 0.151 e. The van der Waals surface area contributed by atoms with Crippen molar-refractivity contribution >= 4 is 26.7 Å². The second-order valence-electron chi connectivity index (χ2n) is 5.70. The molecule has 0 atom stereocenters. The summed E-state index contributed by atoms with van der Waals surface area (Å²) in [6.45, 7) is 7.29. The van der Waals surface area contributed by atoms with Crippen LogP contribution < -0.4 is 5.73 Å². The van der Waals surface area contributed by atoms with Gasteiger partial charge in [0.2, 0.25) is 0 Å². The number of sulfone groups is 1. The molecule has 2 aromatic heterocycles. The van der Waals surface area contributed by atoms with Crippen LogP contribution in [0.5, 0.6) is 0 Å². The molecule has 0 aliphatic rings. The highest BCUT2D eigenvalue weighted by atomic mass is 32.2. The predicted molar refractivity (Wildman–Crippen MR) is 91.1 cm³/mol. The molecule has 7 nitrogen and oxygen atoms in total. The number of nitrogen functional groups attached to an aromatic ring is 1. The van der Waals surface area contributed by atoms with Crippen molar-refractivity contribution in [2.45, 2.75) is 40.3 Å². The first-order chi connectivity index (χ1) is 10.7. The van der Waals surface area contributed by atoms with Crippen LogP contribution in [0.3, 0.4) is 0 Å². The summed E-state index contributed by atoms with van der Waals surface area (Å²) in [6, 6.07) is 0. The molecule has 0 unspecified atom stereocenters. The summed E-state index contributed by atoms with van der Waals surface area (Å²) < 4.78 is 30.2. The standard InChI is InChI=1S/C15H24N4O3S/c1-5-22-9-12-18-13-14(10(2)11(3)17-15(13)16)19(12)7-6-8-23(4,20)21/h5-9H2,1-4H3,(H2,16,17). The maximum absolute atomic E-state index is 11.4. The number of rotatable bonds is 7. The lowest BCUT2D eigenvalue weighted by Gasteiger charge is -2.11. The van der Waals surface area contributed by atoms with E-state index in [0.29, 0.717) is 37.5 Å². The summed E-state index contributed by atoms with van der Waals surface area (Å²) in [5.74, 6) is 1.28. The number of nitrogens with zero attached hydrogens (tertiary/aromatic N) is 3. The summed E-state index contributed by atoms with van der Waals surface area (Å²) >= 11 is 0. The van der Waals surface area contributed by atoms with Crippen molar-refractivity contribution in [1.82, 2.24) is 14.5 Å². The van der Waals surface area contributed by atoms with Gasteiger partial charge in [0.15, 0.2) is 5.82 Å². The highest BCUT2D eigenvalue weighted by Gasteiger charge is 2.17. The SMILES string of the molecule is CCOCc1nc2c(N)nc(C)c(C)c2n1CCCS(C)(=O)=O. The molecule has 2 N–H and O–H groups in total. The Balaban J connectivity index is 2.48. The van der Waals surface area contributed by atoms with Crippen molar-refractivity contribution in [2.75, 3.05) is 24.3 Å². The van der Waals surface area contributed by atoms with Crippen molar-refractivity contribution in [2.24, 2.45) is 0 Å². The predicted octanol–water partition coefficient (Wildman–Crippen LogP) is 1.60. The van der Waals surface area contributed by atoms with Gasteiger partial charge in [-0.3, -0.25) is 0 Å². The third-order valence-corrected chi connectivity index (χ3v) is 4.84. The quantitative estimate of drug-likeness (QED) is 0.822. The largest absolute Gasteiger partial charge is 0.382 e. The van der Waals surface area contributed by atoms with E-state index in [1.165, 1.54) is 6.26 Å². The van der Waals surface area contributed by atoms with Crippen molar-refractivity contribution in [3.8, 4) is 0 Å². The number of hydrogen-bond donors (Lipinski definition) is 1. The van der Waals surface area contributed by atoms with Crippen LogP contribution in [0.1, 0.15) is 30.4 Å². The molecule has 0 fully saturated rings. The molecule has 2 rings (SSSR count). The van der Waals surface area contributed by atoms with Crippen LogP contribution in [0.25, 0.3) is 11.0 Å². The van der Waals surface area contributed by atoms with Gasteiger partial charge in [0.05, 0.1) is 11.3 Å². The van der Waals surface area contributed by atoms with Crippen molar-refractivity contribution in [3.63, 3.8) is 0 Å². The summed E-state index contributed by atoms with van der Waals surface area (Å²) in [6.07, 6.45) is 1.77. The van der Waals surface area contributed by atoms with Crippen LogP contribution in [0.2, 0.25) is 0 Å². The molecular formula is C15H24N4O3S. The fourth-order valence-corrected chi connectivity index (χ4v) is 3.23. The number of fused-ring (bicyclic) bond motifs is 1. The second-order valence-corrected chi connectivity index (χ2v) is 7.96. The van der Waals surface area contributed by atoms with E-state index >= 15 is 0 Å². The first-order valence-electron chi connectivity index (χ1n) is 7.61. The molecule has 0 saturated carbocycles. The number of aromatic nitrogens is 3. The van der Waals surface area contributed by atoms with Gasteiger partial charge >= 0.3 is 0 Å². The topological polar surface area (TPSA) is 100 Å². The second kappa shape index (κ2) is 6.84. The number of nitrogens with two attached hydrogens (primary N) is 1. The molecular weight excluding hydrogens is 316 g/mol. The number of hydrogen-bond acceptors (Lipinski definition) is 6. The minimum absolute atomic E-state index is 0.138. The van der Waals surface area contributed by atoms with Crippen LogP contribution >= 0.6 is 0 Å². The van der Waals surface area contributed by atoms with Gasteiger partial charge in [-0.1, -0.05) is 0 Å². The van der Waals surface area contributed by atoms with Crippen LogP contribution in [0, 0.1) is 13.8 Å². The Morgan fingerprint density at radius 1 is 1.26 bits per heavy atom. The van der Waals surface area contributed by atoms with Gasteiger partial charge in [-0.2, -0.15) is 0 Å². The van der Waals surface area contributed by atoms with Gasteiger partial charge in [0, 0.05) is 25.1 Å². The third kappa shape index (κ3) is 4.00. The zero-order valence-corrected chi connectivity index (χ0v) is 14.9. The minimum Gasteiger partial charge on any atom is -0.382 e. The fourth-order valence-electron chi connectivity index (χ4n) is 2.58. The maximum Gasteiger partial charge on any atom is 0.151 e. The van der Waals surface area contributed by atoms with E-state index in [2.05, 4.69) is 9.97 Å². The first kappa shape index (κ1) is 17.7. The number of imidazole rings is 1. The number of pyridine rings is 1. The zero-order valence-electron chi connectivity index (χ0n) is 14.1. The lowest BCUT2D eigenvalue weighted by atomic mass is 10.2. The molecule has 0 aliphatic carbocycles. The average molecular weight is 340 g/mol. The minimum atomic E-state index is -2.99. The van der Waals surface area contributed by atoms with Gasteiger partial charge in [0.1, 0.15) is 27.8 Å². The van der Waals surface area contributed by atoms with Gasteiger partial charge in [-0.15, -0.1) is 0 Å². The molecule has 0 aliphatic heterocycles. The Labute approximate surface area is 136 Å². The van der Waals surface area contributed by atoms with E-state index in [1.54, 1.807) is 0 Å². The summed E-state index contributed by atoms with van der Waals surface area (Å²) in [7, 11) is -2.99. The molecule has 0 aromatic carbocycles. The van der Waals surface area contributed by atoms with Gasteiger partial charge < -0.3 is 15.0 Å². The van der Waals surface area contributed by atoms with Gasteiger partial charge in [-0.05, 0) is 32.8 Å². The number of ether oxygens (including phenoxy) is 1. The van der Waals surface area contributed by atoms with E-state index in [9.17, 15) is 8.42 Å². The van der Waals surface area contributed by atoms with Crippen LogP contribution in [0.15, 0.2) is 0 Å². The van der Waals surface area contributed by atoms with Crippen LogP contribution in [-0.4, -0.2) is 41.6 Å². The molecule has 0 bridgehead atoms. The molecule has 0 amide bonds.